The minimum absolute atomic E-state index is 0.616. The van der Waals surface area contributed by atoms with Gasteiger partial charge in [0.1, 0.15) is 7.05 Å². The van der Waals surface area contributed by atoms with E-state index in [0.717, 1.165) is 6.42 Å². The van der Waals surface area contributed by atoms with Crippen molar-refractivity contribution in [3.05, 3.63) is 18.0 Å². The van der Waals surface area contributed by atoms with E-state index in [1.54, 1.807) is 10.4 Å². The molecule has 0 N–H and O–H groups in total. The molecule has 0 saturated heterocycles. The van der Waals surface area contributed by atoms with Crippen molar-refractivity contribution in [2.45, 2.75) is 45.1 Å². The zero-order chi connectivity index (χ0) is 11.9. The molecule has 0 spiro atoms. The Morgan fingerprint density at radius 2 is 2.12 bits per heavy atom. The van der Waals surface area contributed by atoms with Gasteiger partial charge in [-0.2, -0.15) is 0 Å². The van der Waals surface area contributed by atoms with Crippen LogP contribution < -0.4 is 14.9 Å². The highest BCUT2D eigenvalue weighted by atomic mass is 28.3. The summed E-state index contributed by atoms with van der Waals surface area (Å²) in [4.78, 5) is 0. The molecular weight excluding hydrogens is 226 g/mol. The van der Waals surface area contributed by atoms with Crippen LogP contribution >= 0.6 is 0 Å². The first-order valence-electron chi connectivity index (χ1n) is 6.48. The maximum atomic E-state index is 2.54. The number of hydrogen-bond acceptors (Lipinski definition) is 0. The van der Waals surface area contributed by atoms with Gasteiger partial charge < -0.3 is 0 Å². The summed E-state index contributed by atoms with van der Waals surface area (Å²) in [6.07, 6.45) is 3.62. The van der Waals surface area contributed by atoms with Gasteiger partial charge in [-0.3, -0.25) is 0 Å². The van der Waals surface area contributed by atoms with Gasteiger partial charge in [0.05, 0.1) is 16.9 Å². The van der Waals surface area contributed by atoms with Crippen LogP contribution in [-0.2, 0) is 13.5 Å². The Morgan fingerprint density at radius 1 is 1.44 bits per heavy atom. The monoisotopic (exact) mass is 250 g/mol. The number of nitrogens with zero attached hydrogens (tertiary/aromatic N) is 1. The Morgan fingerprint density at radius 3 is 2.75 bits per heavy atom. The van der Waals surface area contributed by atoms with Crippen LogP contribution in [0.15, 0.2) is 12.3 Å². The van der Waals surface area contributed by atoms with Crippen LogP contribution in [0.4, 0.5) is 0 Å². The van der Waals surface area contributed by atoms with Crippen LogP contribution in [0.1, 0.15) is 12.6 Å². The normalized spacial score (nSPS) is 22.9. The van der Waals surface area contributed by atoms with Gasteiger partial charge in [0.15, 0.2) is 11.9 Å². The smallest absolute Gasteiger partial charge is 0.180 e. The lowest BCUT2D eigenvalue weighted by Crippen LogP contribution is -2.61. The SMILES string of the molecule is CCc1cc2c(c[n+]1C)[Si](C)(C)CC[SiH]2C. The van der Waals surface area contributed by atoms with Gasteiger partial charge in [-0.05, 0) is 0 Å². The van der Waals surface area contributed by atoms with E-state index in [1.807, 2.05) is 0 Å². The minimum Gasteiger partial charge on any atom is -0.205 e. The average molecular weight is 251 g/mol. The first kappa shape index (κ1) is 12.1. The van der Waals surface area contributed by atoms with E-state index >= 15 is 0 Å². The van der Waals surface area contributed by atoms with Gasteiger partial charge in [0.2, 0.25) is 0 Å². The lowest BCUT2D eigenvalue weighted by Gasteiger charge is -2.32. The summed E-state index contributed by atoms with van der Waals surface area (Å²) < 4.78 is 2.36. The molecule has 1 aromatic heterocycles. The fraction of sp³-hybridized carbons (Fsp3) is 0.615. The molecule has 0 saturated carbocycles. The number of fused-ring (bicyclic) bond motifs is 1. The fourth-order valence-corrected chi connectivity index (χ4v) is 12.5. The molecule has 1 aromatic rings. The third-order valence-corrected chi connectivity index (χ3v) is 11.2. The number of rotatable bonds is 1. The minimum atomic E-state index is -1.11. The summed E-state index contributed by atoms with van der Waals surface area (Å²) in [5, 5.41) is 3.55. The first-order chi connectivity index (χ1) is 7.45. The van der Waals surface area contributed by atoms with Crippen molar-refractivity contribution in [3.8, 4) is 0 Å². The molecule has 0 aromatic carbocycles. The molecule has 0 fully saturated rings. The highest BCUT2D eigenvalue weighted by molar-refractivity contribution is 6.97. The Balaban J connectivity index is 2.60. The second kappa shape index (κ2) is 4.11. The third kappa shape index (κ3) is 1.91. The molecule has 2 heterocycles. The van der Waals surface area contributed by atoms with Crippen LogP contribution in [0.3, 0.4) is 0 Å². The second-order valence-electron chi connectivity index (χ2n) is 5.92. The van der Waals surface area contributed by atoms with E-state index in [9.17, 15) is 0 Å². The fourth-order valence-electron chi connectivity index (χ4n) is 2.90. The van der Waals surface area contributed by atoms with Crippen molar-refractivity contribution >= 4 is 27.2 Å². The van der Waals surface area contributed by atoms with Gasteiger partial charge >= 0.3 is 0 Å². The van der Waals surface area contributed by atoms with Gasteiger partial charge in [-0.15, -0.1) is 0 Å². The highest BCUT2D eigenvalue weighted by Crippen LogP contribution is 2.18. The van der Waals surface area contributed by atoms with Gasteiger partial charge in [0, 0.05) is 17.7 Å². The quantitative estimate of drug-likeness (QED) is 0.518. The zero-order valence-corrected chi connectivity index (χ0v) is 13.5. The second-order valence-corrected chi connectivity index (χ2v) is 13.7. The summed E-state index contributed by atoms with van der Waals surface area (Å²) in [6, 6.07) is 5.57. The summed E-state index contributed by atoms with van der Waals surface area (Å²) in [6.45, 7) is 9.87. The maximum absolute atomic E-state index is 2.54. The van der Waals surface area contributed by atoms with Crippen molar-refractivity contribution in [1.82, 2.24) is 0 Å². The predicted octanol–water partition coefficient (Wildman–Crippen LogP) is 1.07. The Labute approximate surface area is 102 Å². The molecule has 0 aliphatic carbocycles. The topological polar surface area (TPSA) is 3.88 Å². The Hall–Kier alpha value is -0.416. The van der Waals surface area contributed by atoms with Crippen molar-refractivity contribution in [3.63, 3.8) is 0 Å². The molecule has 1 nitrogen and oxygen atoms in total. The van der Waals surface area contributed by atoms with Crippen molar-refractivity contribution in [2.24, 2.45) is 7.05 Å². The van der Waals surface area contributed by atoms with E-state index in [-0.39, 0.29) is 0 Å². The van der Waals surface area contributed by atoms with Crippen LogP contribution in [-0.4, -0.2) is 16.9 Å². The molecular formula is C13H24NSi2+. The summed E-state index contributed by atoms with van der Waals surface area (Å²) in [5.74, 6) is 0. The van der Waals surface area contributed by atoms with E-state index in [2.05, 4.69) is 50.4 Å². The summed E-state index contributed by atoms with van der Waals surface area (Å²) >= 11 is 0. The maximum Gasteiger partial charge on any atom is 0.180 e. The summed E-state index contributed by atoms with van der Waals surface area (Å²) in [7, 11) is 0.491. The number of pyridine rings is 1. The lowest BCUT2D eigenvalue weighted by atomic mass is 10.3. The van der Waals surface area contributed by atoms with E-state index < -0.39 is 16.9 Å². The number of aromatic nitrogens is 1. The van der Waals surface area contributed by atoms with Crippen molar-refractivity contribution in [2.75, 3.05) is 0 Å². The summed E-state index contributed by atoms with van der Waals surface area (Å²) in [5.41, 5.74) is 1.50. The largest absolute Gasteiger partial charge is 0.205 e. The van der Waals surface area contributed by atoms with Gasteiger partial charge in [-0.25, -0.2) is 4.57 Å². The lowest BCUT2D eigenvalue weighted by molar-refractivity contribution is -0.678. The third-order valence-electron chi connectivity index (χ3n) is 4.23. The highest BCUT2D eigenvalue weighted by Gasteiger charge is 2.35. The zero-order valence-electron chi connectivity index (χ0n) is 11.3. The predicted molar refractivity (Wildman–Crippen MR) is 76.4 cm³/mol. The van der Waals surface area contributed by atoms with Crippen LogP contribution in [0.5, 0.6) is 0 Å². The number of hydrogen-bond donors (Lipinski definition) is 0. The molecule has 0 amide bonds. The molecule has 2 rings (SSSR count). The molecule has 88 valence electrons. The molecule has 3 heteroatoms. The standard InChI is InChI=1S/C13H24NSi2/c1-6-11-9-12-13(10-14(11)2)16(4,5)8-7-15(12)3/h9-10,15H,6-8H2,1-5H3/q+1. The van der Waals surface area contributed by atoms with E-state index in [1.165, 1.54) is 17.8 Å². The molecule has 1 unspecified atom stereocenters. The average Bonchev–Trinajstić information content (AvgIpc) is 2.24. The molecule has 1 aliphatic rings. The van der Waals surface area contributed by atoms with E-state index in [4.69, 9.17) is 0 Å². The van der Waals surface area contributed by atoms with Gasteiger partial charge in [0.25, 0.3) is 0 Å². The van der Waals surface area contributed by atoms with Crippen molar-refractivity contribution in [1.29, 1.82) is 0 Å². The van der Waals surface area contributed by atoms with E-state index in [0.29, 0.717) is 0 Å². The number of aryl methyl sites for hydroxylation is 2. The Kier molecular flexibility index (Phi) is 3.10. The molecule has 0 radical (unpaired) electrons. The first-order valence-corrected chi connectivity index (χ1v) is 12.2. The van der Waals surface area contributed by atoms with Crippen molar-refractivity contribution < 1.29 is 4.57 Å². The Bertz CT molecular complexity index is 413. The van der Waals surface area contributed by atoms with Crippen LogP contribution in [0, 0.1) is 0 Å². The van der Waals surface area contributed by atoms with Gasteiger partial charge in [-0.1, -0.05) is 43.8 Å². The molecule has 0 bridgehead atoms. The molecule has 1 atom stereocenters. The van der Waals surface area contributed by atoms with Crippen LogP contribution in [0.25, 0.3) is 0 Å². The van der Waals surface area contributed by atoms with Crippen LogP contribution in [0.2, 0.25) is 31.7 Å². The molecule has 1 aliphatic heterocycles. The molecule has 16 heavy (non-hydrogen) atoms.